The minimum Gasteiger partial charge on any atom is -0.349 e. The summed E-state index contributed by atoms with van der Waals surface area (Å²) in [6, 6.07) is 9.61. The van der Waals surface area contributed by atoms with E-state index in [0.29, 0.717) is 12.1 Å². The Labute approximate surface area is 117 Å². The molecule has 3 N–H and O–H groups in total. The highest BCUT2D eigenvalue weighted by Gasteiger charge is 2.10. The van der Waals surface area contributed by atoms with E-state index in [-0.39, 0.29) is 11.9 Å². The number of nitrogens with two attached hydrogens (primary N) is 1. The molecule has 3 nitrogen and oxygen atoms in total. The van der Waals surface area contributed by atoms with Crippen LogP contribution in [0, 0.1) is 0 Å². The smallest absolute Gasteiger partial charge is 0.251 e. The molecule has 1 amide bonds. The number of nitrogens with one attached hydrogen (secondary N) is 1. The fourth-order valence-corrected chi connectivity index (χ4v) is 2.59. The summed E-state index contributed by atoms with van der Waals surface area (Å²) in [6.45, 7) is 2.51. The number of thiophene rings is 1. The van der Waals surface area contributed by atoms with E-state index >= 15 is 0 Å². The number of hydrogen-bond acceptors (Lipinski definition) is 3. The lowest BCUT2D eigenvalue weighted by Crippen LogP contribution is -2.33. The molecular weight excluding hydrogens is 256 g/mol. The van der Waals surface area contributed by atoms with Crippen LogP contribution in [0.5, 0.6) is 0 Å². The molecule has 4 heteroatoms. The Hall–Kier alpha value is -1.65. The number of rotatable bonds is 5. The topological polar surface area (TPSA) is 55.1 Å². The second-order valence-electron chi connectivity index (χ2n) is 4.61. The van der Waals surface area contributed by atoms with Gasteiger partial charge in [0.15, 0.2) is 0 Å². The van der Waals surface area contributed by atoms with Gasteiger partial charge in [0, 0.05) is 18.2 Å². The van der Waals surface area contributed by atoms with Gasteiger partial charge in [0.1, 0.15) is 0 Å². The maximum Gasteiger partial charge on any atom is 0.251 e. The fourth-order valence-electron chi connectivity index (χ4n) is 1.91. The van der Waals surface area contributed by atoms with Crippen LogP contribution in [-0.2, 0) is 13.0 Å². The molecule has 1 heterocycles. The molecule has 0 aliphatic carbocycles. The van der Waals surface area contributed by atoms with E-state index in [1.807, 2.05) is 31.2 Å². The van der Waals surface area contributed by atoms with Crippen molar-refractivity contribution in [2.75, 3.05) is 0 Å². The van der Waals surface area contributed by atoms with Gasteiger partial charge in [-0.15, -0.1) is 0 Å². The van der Waals surface area contributed by atoms with Gasteiger partial charge in [-0.05, 0) is 53.4 Å². The standard InChI is InChI=1S/C15H18N2OS/c1-11(8-13-6-7-19-10-13)17-15(18)14-4-2-12(9-16)3-5-14/h2-7,10-11H,8-9,16H2,1H3,(H,17,18). The SMILES string of the molecule is CC(Cc1ccsc1)NC(=O)c1ccc(CN)cc1. The Morgan fingerprint density at radius 2 is 2.00 bits per heavy atom. The zero-order chi connectivity index (χ0) is 13.7. The molecule has 0 bridgehead atoms. The Morgan fingerprint density at radius 3 is 2.58 bits per heavy atom. The maximum absolute atomic E-state index is 12.0. The first-order valence-electron chi connectivity index (χ1n) is 6.30. The van der Waals surface area contributed by atoms with E-state index < -0.39 is 0 Å². The zero-order valence-corrected chi connectivity index (χ0v) is 11.7. The van der Waals surface area contributed by atoms with Gasteiger partial charge in [-0.3, -0.25) is 4.79 Å². The highest BCUT2D eigenvalue weighted by molar-refractivity contribution is 7.07. The minimum absolute atomic E-state index is 0.0358. The van der Waals surface area contributed by atoms with Gasteiger partial charge >= 0.3 is 0 Å². The predicted octanol–water partition coefficient (Wildman–Crippen LogP) is 2.57. The van der Waals surface area contributed by atoms with E-state index in [1.54, 1.807) is 11.3 Å². The number of amides is 1. The third-order valence-electron chi connectivity index (χ3n) is 2.95. The summed E-state index contributed by atoms with van der Waals surface area (Å²) in [4.78, 5) is 12.0. The molecule has 1 aromatic heterocycles. The zero-order valence-electron chi connectivity index (χ0n) is 10.9. The lowest BCUT2D eigenvalue weighted by atomic mass is 10.1. The molecule has 0 spiro atoms. The van der Waals surface area contributed by atoms with E-state index in [4.69, 9.17) is 5.73 Å². The summed E-state index contributed by atoms with van der Waals surface area (Å²) in [5.74, 6) is -0.0358. The summed E-state index contributed by atoms with van der Waals surface area (Å²) in [7, 11) is 0. The first kappa shape index (κ1) is 13.8. The van der Waals surface area contributed by atoms with E-state index in [9.17, 15) is 4.79 Å². The van der Waals surface area contributed by atoms with Gasteiger partial charge in [0.05, 0.1) is 0 Å². The lowest BCUT2D eigenvalue weighted by molar-refractivity contribution is 0.0940. The van der Waals surface area contributed by atoms with Crippen LogP contribution in [-0.4, -0.2) is 11.9 Å². The van der Waals surface area contributed by atoms with Crippen molar-refractivity contribution in [1.82, 2.24) is 5.32 Å². The summed E-state index contributed by atoms with van der Waals surface area (Å²) in [6.07, 6.45) is 0.857. The summed E-state index contributed by atoms with van der Waals surface area (Å²) in [5, 5.41) is 7.17. The average molecular weight is 274 g/mol. The number of benzene rings is 1. The molecule has 1 aromatic carbocycles. The quantitative estimate of drug-likeness (QED) is 0.880. The Bertz CT molecular complexity index is 520. The van der Waals surface area contributed by atoms with Crippen molar-refractivity contribution in [3.63, 3.8) is 0 Å². The monoisotopic (exact) mass is 274 g/mol. The molecule has 0 saturated heterocycles. The molecule has 2 aromatic rings. The van der Waals surface area contributed by atoms with E-state index in [1.165, 1.54) is 5.56 Å². The minimum atomic E-state index is -0.0358. The Kier molecular flexibility index (Phi) is 4.71. The van der Waals surface area contributed by atoms with Crippen molar-refractivity contribution in [2.24, 2.45) is 5.73 Å². The molecule has 0 radical (unpaired) electrons. The van der Waals surface area contributed by atoms with Crippen LogP contribution in [0.25, 0.3) is 0 Å². The number of hydrogen-bond donors (Lipinski definition) is 2. The van der Waals surface area contributed by atoms with Crippen LogP contribution in [0.3, 0.4) is 0 Å². The second-order valence-corrected chi connectivity index (χ2v) is 5.39. The molecule has 0 aliphatic heterocycles. The van der Waals surface area contributed by atoms with Crippen molar-refractivity contribution < 1.29 is 4.79 Å². The van der Waals surface area contributed by atoms with Gasteiger partial charge < -0.3 is 11.1 Å². The first-order chi connectivity index (χ1) is 9.19. The predicted molar refractivity (Wildman–Crippen MR) is 79.3 cm³/mol. The van der Waals surface area contributed by atoms with Gasteiger partial charge in [0.25, 0.3) is 5.91 Å². The van der Waals surface area contributed by atoms with Crippen LogP contribution >= 0.6 is 11.3 Å². The van der Waals surface area contributed by atoms with Gasteiger partial charge in [-0.2, -0.15) is 11.3 Å². The van der Waals surface area contributed by atoms with E-state index in [0.717, 1.165) is 12.0 Å². The Balaban J connectivity index is 1.92. The number of carbonyl (C=O) groups excluding carboxylic acids is 1. The molecule has 100 valence electrons. The van der Waals surface area contributed by atoms with Crippen molar-refractivity contribution >= 4 is 17.2 Å². The second kappa shape index (κ2) is 6.50. The Morgan fingerprint density at radius 1 is 1.26 bits per heavy atom. The van der Waals surface area contributed by atoms with Crippen LogP contribution in [0.2, 0.25) is 0 Å². The molecule has 1 atom stereocenters. The molecule has 1 unspecified atom stereocenters. The van der Waals surface area contributed by atoms with Crippen molar-refractivity contribution in [3.05, 3.63) is 57.8 Å². The molecule has 0 aliphatic rings. The van der Waals surface area contributed by atoms with Gasteiger partial charge in [-0.25, -0.2) is 0 Å². The molecule has 19 heavy (non-hydrogen) atoms. The van der Waals surface area contributed by atoms with Crippen molar-refractivity contribution in [3.8, 4) is 0 Å². The average Bonchev–Trinajstić information content (AvgIpc) is 2.91. The highest BCUT2D eigenvalue weighted by Crippen LogP contribution is 2.09. The van der Waals surface area contributed by atoms with Crippen LogP contribution in [0.4, 0.5) is 0 Å². The van der Waals surface area contributed by atoms with Gasteiger partial charge in [-0.1, -0.05) is 12.1 Å². The summed E-state index contributed by atoms with van der Waals surface area (Å²) in [5.41, 5.74) is 8.50. The normalized spacial score (nSPS) is 12.1. The van der Waals surface area contributed by atoms with Crippen molar-refractivity contribution in [2.45, 2.75) is 25.9 Å². The largest absolute Gasteiger partial charge is 0.349 e. The summed E-state index contributed by atoms with van der Waals surface area (Å²) < 4.78 is 0. The first-order valence-corrected chi connectivity index (χ1v) is 7.24. The summed E-state index contributed by atoms with van der Waals surface area (Å²) >= 11 is 1.68. The van der Waals surface area contributed by atoms with Crippen LogP contribution in [0.15, 0.2) is 41.1 Å². The fraction of sp³-hybridized carbons (Fsp3) is 0.267. The van der Waals surface area contributed by atoms with E-state index in [2.05, 4.69) is 22.1 Å². The highest BCUT2D eigenvalue weighted by atomic mass is 32.1. The van der Waals surface area contributed by atoms with Crippen molar-refractivity contribution in [1.29, 1.82) is 0 Å². The van der Waals surface area contributed by atoms with Crippen LogP contribution in [0.1, 0.15) is 28.4 Å². The maximum atomic E-state index is 12.0. The third-order valence-corrected chi connectivity index (χ3v) is 3.68. The molecule has 0 fully saturated rings. The molecule has 0 saturated carbocycles. The van der Waals surface area contributed by atoms with Gasteiger partial charge in [0.2, 0.25) is 0 Å². The lowest BCUT2D eigenvalue weighted by Gasteiger charge is -2.13. The van der Waals surface area contributed by atoms with Crippen LogP contribution < -0.4 is 11.1 Å². The molecular formula is C15H18N2OS. The number of carbonyl (C=O) groups is 1. The molecule has 2 rings (SSSR count). The third kappa shape index (κ3) is 3.91.